The van der Waals surface area contributed by atoms with Crippen molar-refractivity contribution in [3.05, 3.63) is 35.2 Å². The molecular formula is C18H25N5O3S. The van der Waals surface area contributed by atoms with Crippen LogP contribution in [0.4, 0.5) is 5.95 Å². The van der Waals surface area contributed by atoms with Gasteiger partial charge in [-0.2, -0.15) is 15.0 Å². The molecular weight excluding hydrogens is 366 g/mol. The van der Waals surface area contributed by atoms with Gasteiger partial charge < -0.3 is 9.64 Å². The molecule has 1 aromatic heterocycles. The zero-order valence-corrected chi connectivity index (χ0v) is 16.7. The Hall–Kier alpha value is -2.26. The van der Waals surface area contributed by atoms with Gasteiger partial charge in [-0.3, -0.25) is 0 Å². The minimum Gasteiger partial charge on any atom is -0.467 e. The van der Waals surface area contributed by atoms with Crippen LogP contribution < -0.4 is 14.4 Å². The van der Waals surface area contributed by atoms with E-state index in [4.69, 9.17) is 4.74 Å². The number of aromatic nitrogens is 3. The van der Waals surface area contributed by atoms with E-state index in [2.05, 4.69) is 24.6 Å². The Morgan fingerprint density at radius 1 is 1.11 bits per heavy atom. The predicted molar refractivity (Wildman–Crippen MR) is 102 cm³/mol. The number of nitrogens with zero attached hydrogens (tertiary/aromatic N) is 4. The van der Waals surface area contributed by atoms with Gasteiger partial charge in [0.1, 0.15) is 0 Å². The quantitative estimate of drug-likeness (QED) is 0.804. The molecule has 1 aromatic carbocycles. The summed E-state index contributed by atoms with van der Waals surface area (Å²) in [6.07, 6.45) is 3.37. The van der Waals surface area contributed by atoms with Crippen molar-refractivity contribution in [2.75, 3.05) is 25.1 Å². The predicted octanol–water partition coefficient (Wildman–Crippen LogP) is 1.97. The first kappa shape index (κ1) is 19.5. The minimum atomic E-state index is -3.67. The smallest absolute Gasteiger partial charge is 0.321 e. The SMILES string of the molecule is COc1nc(CNS(=O)(=O)c2cc(C)ccc2C)nc(N2CCCCC2)n1. The molecule has 27 heavy (non-hydrogen) atoms. The van der Waals surface area contributed by atoms with Crippen molar-refractivity contribution in [2.24, 2.45) is 0 Å². The first-order valence-electron chi connectivity index (χ1n) is 9.00. The monoisotopic (exact) mass is 391 g/mol. The van der Waals surface area contributed by atoms with Crippen LogP contribution in [0.15, 0.2) is 23.1 Å². The lowest BCUT2D eigenvalue weighted by atomic mass is 10.1. The van der Waals surface area contributed by atoms with E-state index in [0.29, 0.717) is 17.3 Å². The summed E-state index contributed by atoms with van der Waals surface area (Å²) >= 11 is 0. The molecule has 3 rings (SSSR count). The standard InChI is InChI=1S/C18H25N5O3S/c1-13-7-8-14(2)15(11-13)27(24,25)19-12-16-20-17(22-18(21-16)26-3)23-9-5-4-6-10-23/h7-8,11,19H,4-6,9-10,12H2,1-3H3. The van der Waals surface area contributed by atoms with Crippen LogP contribution in [-0.2, 0) is 16.6 Å². The van der Waals surface area contributed by atoms with Crippen LogP contribution in [-0.4, -0.2) is 43.6 Å². The van der Waals surface area contributed by atoms with Crippen LogP contribution >= 0.6 is 0 Å². The van der Waals surface area contributed by atoms with Crippen LogP contribution in [0.1, 0.15) is 36.2 Å². The lowest BCUT2D eigenvalue weighted by Gasteiger charge is -2.26. The molecule has 1 saturated heterocycles. The third-order valence-corrected chi connectivity index (χ3v) is 6.07. The maximum atomic E-state index is 12.7. The van der Waals surface area contributed by atoms with Crippen molar-refractivity contribution in [3.63, 3.8) is 0 Å². The van der Waals surface area contributed by atoms with Gasteiger partial charge in [-0.1, -0.05) is 12.1 Å². The summed E-state index contributed by atoms with van der Waals surface area (Å²) in [4.78, 5) is 15.3. The van der Waals surface area contributed by atoms with Crippen molar-refractivity contribution in [2.45, 2.75) is 44.6 Å². The van der Waals surface area contributed by atoms with E-state index in [9.17, 15) is 8.42 Å². The van der Waals surface area contributed by atoms with Gasteiger partial charge in [0.05, 0.1) is 18.6 Å². The van der Waals surface area contributed by atoms with Gasteiger partial charge >= 0.3 is 6.01 Å². The molecule has 8 nitrogen and oxygen atoms in total. The molecule has 0 radical (unpaired) electrons. The summed E-state index contributed by atoms with van der Waals surface area (Å²) in [5.41, 5.74) is 1.57. The molecule has 1 aliphatic rings. The Labute approximate surface area is 160 Å². The van der Waals surface area contributed by atoms with Gasteiger partial charge in [0.25, 0.3) is 0 Å². The van der Waals surface area contributed by atoms with Gasteiger partial charge in [-0.25, -0.2) is 13.1 Å². The first-order valence-corrected chi connectivity index (χ1v) is 10.5. The Balaban J connectivity index is 1.81. The van der Waals surface area contributed by atoms with Crippen LogP contribution in [0.3, 0.4) is 0 Å². The van der Waals surface area contributed by atoms with Gasteiger partial charge in [-0.15, -0.1) is 0 Å². The molecule has 0 amide bonds. The van der Waals surface area contributed by atoms with Gasteiger partial charge in [0, 0.05) is 13.1 Å². The van der Waals surface area contributed by atoms with E-state index in [1.807, 2.05) is 13.0 Å². The normalized spacial score (nSPS) is 15.0. The molecule has 0 saturated carbocycles. The third kappa shape index (κ3) is 4.72. The molecule has 2 aromatic rings. The fourth-order valence-corrected chi connectivity index (χ4v) is 4.33. The number of piperidine rings is 1. The summed E-state index contributed by atoms with van der Waals surface area (Å²) in [6.45, 7) is 5.35. The fraction of sp³-hybridized carbons (Fsp3) is 0.500. The maximum Gasteiger partial charge on any atom is 0.321 e. The third-order valence-electron chi connectivity index (χ3n) is 4.52. The molecule has 146 valence electrons. The van der Waals surface area contributed by atoms with Crippen LogP contribution in [0.25, 0.3) is 0 Å². The van der Waals surface area contributed by atoms with E-state index >= 15 is 0 Å². The Morgan fingerprint density at radius 3 is 2.56 bits per heavy atom. The lowest BCUT2D eigenvalue weighted by Crippen LogP contribution is -2.32. The van der Waals surface area contributed by atoms with E-state index in [-0.39, 0.29) is 17.5 Å². The fourth-order valence-electron chi connectivity index (χ4n) is 3.03. The number of hydrogen-bond acceptors (Lipinski definition) is 7. The van der Waals surface area contributed by atoms with E-state index < -0.39 is 10.0 Å². The summed E-state index contributed by atoms with van der Waals surface area (Å²) in [5.74, 6) is 0.860. The second-order valence-electron chi connectivity index (χ2n) is 6.68. The number of sulfonamides is 1. The summed E-state index contributed by atoms with van der Waals surface area (Å²) in [5, 5.41) is 0. The Kier molecular flexibility index (Phi) is 5.91. The van der Waals surface area contributed by atoms with Crippen LogP contribution in [0.2, 0.25) is 0 Å². The van der Waals surface area contributed by atoms with Crippen LogP contribution in [0, 0.1) is 13.8 Å². The molecule has 0 bridgehead atoms. The van der Waals surface area contributed by atoms with Crippen molar-refractivity contribution >= 4 is 16.0 Å². The van der Waals surface area contributed by atoms with Crippen molar-refractivity contribution < 1.29 is 13.2 Å². The second-order valence-corrected chi connectivity index (χ2v) is 8.41. The number of hydrogen-bond donors (Lipinski definition) is 1. The molecule has 0 aliphatic carbocycles. The van der Waals surface area contributed by atoms with Crippen molar-refractivity contribution in [1.29, 1.82) is 0 Å². The molecule has 9 heteroatoms. The number of benzene rings is 1. The molecule has 0 unspecified atom stereocenters. The number of rotatable bonds is 6. The number of aryl methyl sites for hydroxylation is 2. The molecule has 1 N–H and O–H groups in total. The Bertz CT molecular complexity index is 911. The first-order chi connectivity index (χ1) is 12.9. The number of nitrogens with one attached hydrogen (secondary N) is 1. The highest BCUT2D eigenvalue weighted by atomic mass is 32.2. The zero-order chi connectivity index (χ0) is 19.4. The minimum absolute atomic E-state index is 0.0323. The van der Waals surface area contributed by atoms with Crippen LogP contribution in [0.5, 0.6) is 6.01 Å². The Morgan fingerprint density at radius 2 is 1.85 bits per heavy atom. The van der Waals surface area contributed by atoms with E-state index in [1.54, 1.807) is 19.1 Å². The molecule has 1 fully saturated rings. The number of methoxy groups -OCH3 is 1. The lowest BCUT2D eigenvalue weighted by molar-refractivity contribution is 0.374. The highest BCUT2D eigenvalue weighted by molar-refractivity contribution is 7.89. The average molecular weight is 391 g/mol. The largest absolute Gasteiger partial charge is 0.467 e. The van der Waals surface area contributed by atoms with E-state index in [1.165, 1.54) is 13.5 Å². The highest BCUT2D eigenvalue weighted by Gasteiger charge is 2.20. The summed E-state index contributed by atoms with van der Waals surface area (Å²) in [7, 11) is -2.19. The van der Waals surface area contributed by atoms with Gasteiger partial charge in [-0.05, 0) is 50.3 Å². The molecule has 0 spiro atoms. The van der Waals surface area contributed by atoms with Gasteiger partial charge in [0.2, 0.25) is 16.0 Å². The number of ether oxygens (including phenoxy) is 1. The topological polar surface area (TPSA) is 97.3 Å². The number of anilines is 1. The molecule has 2 heterocycles. The zero-order valence-electron chi connectivity index (χ0n) is 15.9. The van der Waals surface area contributed by atoms with Crippen molar-refractivity contribution in [3.8, 4) is 6.01 Å². The average Bonchev–Trinajstić information content (AvgIpc) is 2.68. The van der Waals surface area contributed by atoms with E-state index in [0.717, 1.165) is 31.5 Å². The summed E-state index contributed by atoms with van der Waals surface area (Å²) < 4.78 is 33.1. The maximum absolute atomic E-state index is 12.7. The second kappa shape index (κ2) is 8.18. The molecule has 0 atom stereocenters. The summed E-state index contributed by atoms with van der Waals surface area (Å²) in [6, 6.07) is 5.53. The van der Waals surface area contributed by atoms with Gasteiger partial charge in [0.15, 0.2) is 5.82 Å². The molecule has 1 aliphatic heterocycles. The highest BCUT2D eigenvalue weighted by Crippen LogP contribution is 2.19. The van der Waals surface area contributed by atoms with Crippen molar-refractivity contribution in [1.82, 2.24) is 19.7 Å².